The summed E-state index contributed by atoms with van der Waals surface area (Å²) in [6, 6.07) is 7.07. The molecule has 20 heavy (non-hydrogen) atoms. The fraction of sp³-hybridized carbons (Fsp3) is 0.308. The minimum Gasteiger partial charge on any atom is -0.379 e. The van der Waals surface area contributed by atoms with E-state index in [2.05, 4.69) is 15.0 Å². The van der Waals surface area contributed by atoms with Crippen molar-refractivity contribution in [1.29, 1.82) is 0 Å². The summed E-state index contributed by atoms with van der Waals surface area (Å²) in [4.78, 5) is 5.37. The fourth-order valence-corrected chi connectivity index (χ4v) is 3.87. The molecule has 0 amide bonds. The molecule has 0 saturated heterocycles. The molecule has 1 aromatic carbocycles. The molecule has 106 valence electrons. The van der Waals surface area contributed by atoms with Gasteiger partial charge in [0.15, 0.2) is 0 Å². The Morgan fingerprint density at radius 3 is 2.80 bits per heavy atom. The molecule has 0 spiro atoms. The zero-order valence-corrected chi connectivity index (χ0v) is 12.4. The SMILES string of the molecule is O=S(=O)(NC1CC1)c1ccccc1NCc1cncs1. The number of benzene rings is 1. The van der Waals surface area contributed by atoms with Crippen LogP contribution in [0.2, 0.25) is 0 Å². The van der Waals surface area contributed by atoms with Gasteiger partial charge in [-0.05, 0) is 25.0 Å². The van der Waals surface area contributed by atoms with Gasteiger partial charge >= 0.3 is 0 Å². The van der Waals surface area contributed by atoms with Crippen LogP contribution in [0.25, 0.3) is 0 Å². The molecule has 1 saturated carbocycles. The standard InChI is InChI=1S/C13H15N3O2S2/c17-20(18,16-10-5-6-10)13-4-2-1-3-12(13)15-8-11-7-14-9-19-11/h1-4,7,9-10,15-16H,5-6,8H2. The van der Waals surface area contributed by atoms with Crippen molar-refractivity contribution in [1.82, 2.24) is 9.71 Å². The second-order valence-corrected chi connectivity index (χ2v) is 7.37. The molecule has 0 bridgehead atoms. The van der Waals surface area contributed by atoms with Crippen LogP contribution >= 0.6 is 11.3 Å². The van der Waals surface area contributed by atoms with Crippen LogP contribution in [0.4, 0.5) is 5.69 Å². The van der Waals surface area contributed by atoms with Gasteiger partial charge in [-0.2, -0.15) is 0 Å². The number of aromatic nitrogens is 1. The second kappa shape index (κ2) is 5.51. The number of hydrogen-bond acceptors (Lipinski definition) is 5. The van der Waals surface area contributed by atoms with Crippen molar-refractivity contribution >= 4 is 27.0 Å². The summed E-state index contributed by atoms with van der Waals surface area (Å²) >= 11 is 1.54. The van der Waals surface area contributed by atoms with E-state index in [0.717, 1.165) is 17.7 Å². The van der Waals surface area contributed by atoms with Gasteiger partial charge in [0.25, 0.3) is 0 Å². The summed E-state index contributed by atoms with van der Waals surface area (Å²) in [7, 11) is -3.44. The molecule has 0 radical (unpaired) electrons. The zero-order chi connectivity index (χ0) is 14.0. The third-order valence-electron chi connectivity index (χ3n) is 3.01. The highest BCUT2D eigenvalue weighted by atomic mass is 32.2. The van der Waals surface area contributed by atoms with E-state index in [0.29, 0.717) is 17.1 Å². The Labute approximate surface area is 122 Å². The largest absolute Gasteiger partial charge is 0.379 e. The molecule has 3 rings (SSSR count). The molecule has 2 aromatic rings. The molecular formula is C13H15N3O2S2. The average molecular weight is 309 g/mol. The van der Waals surface area contributed by atoms with Gasteiger partial charge in [0, 0.05) is 17.1 Å². The number of thiazole rings is 1. The van der Waals surface area contributed by atoms with Crippen molar-refractivity contribution in [2.24, 2.45) is 0 Å². The molecular weight excluding hydrogens is 294 g/mol. The van der Waals surface area contributed by atoms with Crippen molar-refractivity contribution in [2.45, 2.75) is 30.3 Å². The van der Waals surface area contributed by atoms with E-state index < -0.39 is 10.0 Å². The first kappa shape index (κ1) is 13.5. The normalized spacial score (nSPS) is 15.2. The maximum Gasteiger partial charge on any atom is 0.242 e. The van der Waals surface area contributed by atoms with Gasteiger partial charge < -0.3 is 5.32 Å². The van der Waals surface area contributed by atoms with Crippen LogP contribution in [0.3, 0.4) is 0 Å². The van der Waals surface area contributed by atoms with Crippen LogP contribution in [0.5, 0.6) is 0 Å². The Morgan fingerprint density at radius 2 is 2.10 bits per heavy atom. The summed E-state index contributed by atoms with van der Waals surface area (Å²) < 4.78 is 27.3. The topological polar surface area (TPSA) is 71.1 Å². The van der Waals surface area contributed by atoms with Gasteiger partial charge in [-0.15, -0.1) is 11.3 Å². The molecule has 1 fully saturated rings. The number of para-hydroxylation sites is 1. The zero-order valence-electron chi connectivity index (χ0n) is 10.7. The maximum atomic E-state index is 12.3. The summed E-state index contributed by atoms with van der Waals surface area (Å²) in [5, 5.41) is 3.17. The third kappa shape index (κ3) is 3.17. The van der Waals surface area contributed by atoms with Crippen LogP contribution in [-0.2, 0) is 16.6 Å². The quantitative estimate of drug-likeness (QED) is 0.858. The van der Waals surface area contributed by atoms with E-state index in [4.69, 9.17) is 0 Å². The van der Waals surface area contributed by atoms with Crippen molar-refractivity contribution < 1.29 is 8.42 Å². The first-order chi connectivity index (χ1) is 9.65. The van der Waals surface area contributed by atoms with E-state index in [1.54, 1.807) is 29.9 Å². The molecule has 5 nitrogen and oxygen atoms in total. The summed E-state index contributed by atoms with van der Waals surface area (Å²) in [6.07, 6.45) is 3.63. The van der Waals surface area contributed by atoms with E-state index in [-0.39, 0.29) is 6.04 Å². The van der Waals surface area contributed by atoms with Crippen LogP contribution < -0.4 is 10.0 Å². The Kier molecular flexibility index (Phi) is 3.73. The molecule has 1 aromatic heterocycles. The lowest BCUT2D eigenvalue weighted by Gasteiger charge is -2.12. The average Bonchev–Trinajstić information content (AvgIpc) is 3.07. The monoisotopic (exact) mass is 309 g/mol. The van der Waals surface area contributed by atoms with Crippen molar-refractivity contribution in [3.05, 3.63) is 40.8 Å². The lowest BCUT2D eigenvalue weighted by Crippen LogP contribution is -2.26. The molecule has 1 heterocycles. The fourth-order valence-electron chi connectivity index (χ4n) is 1.84. The van der Waals surface area contributed by atoms with Crippen molar-refractivity contribution in [2.75, 3.05) is 5.32 Å². The van der Waals surface area contributed by atoms with E-state index >= 15 is 0 Å². The van der Waals surface area contributed by atoms with Crippen LogP contribution in [0, 0.1) is 0 Å². The molecule has 0 atom stereocenters. The van der Waals surface area contributed by atoms with Crippen molar-refractivity contribution in [3.8, 4) is 0 Å². The highest BCUT2D eigenvalue weighted by Gasteiger charge is 2.29. The van der Waals surface area contributed by atoms with Crippen LogP contribution in [-0.4, -0.2) is 19.4 Å². The number of anilines is 1. The third-order valence-corrected chi connectivity index (χ3v) is 5.37. The van der Waals surface area contributed by atoms with Gasteiger partial charge in [-0.25, -0.2) is 13.1 Å². The van der Waals surface area contributed by atoms with Gasteiger partial charge in [-0.3, -0.25) is 4.98 Å². The number of rotatable bonds is 6. The van der Waals surface area contributed by atoms with Crippen LogP contribution in [0.15, 0.2) is 40.9 Å². The number of sulfonamides is 1. The predicted octanol–water partition coefficient (Wildman–Crippen LogP) is 2.20. The highest BCUT2D eigenvalue weighted by Crippen LogP contribution is 2.26. The Balaban J connectivity index is 1.80. The van der Waals surface area contributed by atoms with Gasteiger partial charge in [0.2, 0.25) is 10.0 Å². The smallest absolute Gasteiger partial charge is 0.242 e. The first-order valence-corrected chi connectivity index (χ1v) is 8.74. The Bertz CT molecular complexity index is 679. The van der Waals surface area contributed by atoms with Gasteiger partial charge in [0.05, 0.1) is 17.7 Å². The van der Waals surface area contributed by atoms with E-state index in [1.807, 2.05) is 6.07 Å². The minimum atomic E-state index is -3.44. The molecule has 0 unspecified atom stereocenters. The summed E-state index contributed by atoms with van der Waals surface area (Å²) in [5.41, 5.74) is 2.38. The minimum absolute atomic E-state index is 0.106. The maximum absolute atomic E-state index is 12.3. The lowest BCUT2D eigenvalue weighted by molar-refractivity contribution is 0.581. The highest BCUT2D eigenvalue weighted by molar-refractivity contribution is 7.89. The summed E-state index contributed by atoms with van der Waals surface area (Å²) in [6.45, 7) is 0.570. The van der Waals surface area contributed by atoms with Gasteiger partial charge in [0.1, 0.15) is 4.90 Å². The van der Waals surface area contributed by atoms with Crippen molar-refractivity contribution in [3.63, 3.8) is 0 Å². The predicted molar refractivity (Wildman–Crippen MR) is 79.2 cm³/mol. The number of nitrogens with zero attached hydrogens (tertiary/aromatic N) is 1. The Morgan fingerprint density at radius 1 is 1.30 bits per heavy atom. The molecule has 0 aliphatic heterocycles. The number of hydrogen-bond donors (Lipinski definition) is 2. The Hall–Kier alpha value is -1.44. The second-order valence-electron chi connectivity index (χ2n) is 4.71. The van der Waals surface area contributed by atoms with E-state index in [9.17, 15) is 8.42 Å². The molecule has 1 aliphatic rings. The molecule has 7 heteroatoms. The number of nitrogens with one attached hydrogen (secondary N) is 2. The lowest BCUT2D eigenvalue weighted by atomic mass is 10.3. The molecule has 1 aliphatic carbocycles. The molecule has 2 N–H and O–H groups in total. The van der Waals surface area contributed by atoms with Crippen LogP contribution in [0.1, 0.15) is 17.7 Å². The summed E-state index contributed by atoms with van der Waals surface area (Å²) in [5.74, 6) is 0. The van der Waals surface area contributed by atoms with E-state index in [1.165, 1.54) is 11.3 Å². The first-order valence-electron chi connectivity index (χ1n) is 6.38. The van der Waals surface area contributed by atoms with Gasteiger partial charge in [-0.1, -0.05) is 12.1 Å².